The number of thiazole rings is 1. The monoisotopic (exact) mass is 265 g/mol. The molecule has 0 amide bonds. The average Bonchev–Trinajstić information content (AvgIpc) is 2.82. The molecule has 1 aromatic carbocycles. The number of aromatic nitrogens is 1. The summed E-state index contributed by atoms with van der Waals surface area (Å²) in [5.74, 6) is 1.49. The van der Waals surface area contributed by atoms with Crippen LogP contribution in [0.1, 0.15) is 5.69 Å². The zero-order valence-electron chi connectivity index (χ0n) is 10.3. The predicted octanol–water partition coefficient (Wildman–Crippen LogP) is 2.35. The molecule has 0 fully saturated rings. The Kier molecular flexibility index (Phi) is 3.88. The van der Waals surface area contributed by atoms with Gasteiger partial charge in [-0.1, -0.05) is 0 Å². The number of hydrogen-bond acceptors (Lipinski definition) is 6. The molecule has 0 saturated heterocycles. The van der Waals surface area contributed by atoms with Gasteiger partial charge in [0.05, 0.1) is 32.1 Å². The second kappa shape index (κ2) is 5.59. The van der Waals surface area contributed by atoms with Crippen LogP contribution in [0.3, 0.4) is 0 Å². The first-order valence-electron chi connectivity index (χ1n) is 5.38. The van der Waals surface area contributed by atoms with Crippen molar-refractivity contribution >= 4 is 22.2 Å². The molecule has 0 radical (unpaired) electrons. The second-order valence-corrected chi connectivity index (χ2v) is 4.49. The van der Waals surface area contributed by atoms with Gasteiger partial charge in [-0.05, 0) is 12.1 Å². The van der Waals surface area contributed by atoms with E-state index in [1.807, 2.05) is 23.6 Å². The Labute approximate surface area is 110 Å². The van der Waals surface area contributed by atoms with Crippen molar-refractivity contribution in [3.63, 3.8) is 0 Å². The van der Waals surface area contributed by atoms with Crippen molar-refractivity contribution < 1.29 is 9.47 Å². The molecule has 0 saturated carbocycles. The summed E-state index contributed by atoms with van der Waals surface area (Å²) >= 11 is 1.43. The lowest BCUT2D eigenvalue weighted by Gasteiger charge is -2.11. The summed E-state index contributed by atoms with van der Waals surface area (Å²) in [6.07, 6.45) is 0. The Bertz CT molecular complexity index is 528. The number of anilines is 2. The highest BCUT2D eigenvalue weighted by molar-refractivity contribution is 7.13. The number of nitrogens with two attached hydrogens (primary N) is 1. The molecule has 96 valence electrons. The third-order valence-electron chi connectivity index (χ3n) is 2.44. The molecule has 6 heteroatoms. The van der Waals surface area contributed by atoms with Gasteiger partial charge in [-0.25, -0.2) is 4.98 Å². The van der Waals surface area contributed by atoms with Crippen LogP contribution in [0.15, 0.2) is 23.6 Å². The Hall–Kier alpha value is -1.95. The van der Waals surface area contributed by atoms with Gasteiger partial charge in [0.15, 0.2) is 5.13 Å². The lowest BCUT2D eigenvalue weighted by atomic mass is 10.2. The van der Waals surface area contributed by atoms with Crippen molar-refractivity contribution in [2.45, 2.75) is 6.54 Å². The van der Waals surface area contributed by atoms with Crippen molar-refractivity contribution in [1.29, 1.82) is 0 Å². The van der Waals surface area contributed by atoms with E-state index in [0.29, 0.717) is 11.7 Å². The van der Waals surface area contributed by atoms with Gasteiger partial charge in [0.1, 0.15) is 11.5 Å². The lowest BCUT2D eigenvalue weighted by Crippen LogP contribution is -2.02. The highest BCUT2D eigenvalue weighted by Gasteiger charge is 2.05. The second-order valence-electron chi connectivity index (χ2n) is 3.60. The van der Waals surface area contributed by atoms with Gasteiger partial charge < -0.3 is 20.5 Å². The molecular formula is C12H15N3O2S. The van der Waals surface area contributed by atoms with Crippen LogP contribution in [0.2, 0.25) is 0 Å². The summed E-state index contributed by atoms with van der Waals surface area (Å²) in [5, 5.41) is 5.76. The van der Waals surface area contributed by atoms with Crippen LogP contribution in [0, 0.1) is 0 Å². The maximum atomic E-state index is 5.58. The largest absolute Gasteiger partial charge is 0.497 e. The number of rotatable bonds is 5. The van der Waals surface area contributed by atoms with Crippen molar-refractivity contribution in [2.75, 3.05) is 25.3 Å². The summed E-state index contributed by atoms with van der Waals surface area (Å²) in [7, 11) is 3.25. The average molecular weight is 265 g/mol. The molecule has 2 rings (SSSR count). The molecule has 0 aliphatic rings. The molecule has 0 unspecified atom stereocenters. The van der Waals surface area contributed by atoms with E-state index < -0.39 is 0 Å². The van der Waals surface area contributed by atoms with Gasteiger partial charge in [-0.3, -0.25) is 0 Å². The number of nitrogens with one attached hydrogen (secondary N) is 1. The van der Waals surface area contributed by atoms with Crippen molar-refractivity contribution in [3.8, 4) is 11.5 Å². The van der Waals surface area contributed by atoms with Crippen LogP contribution in [0.5, 0.6) is 11.5 Å². The highest BCUT2D eigenvalue weighted by atomic mass is 32.1. The van der Waals surface area contributed by atoms with E-state index in [9.17, 15) is 0 Å². The van der Waals surface area contributed by atoms with Crippen LogP contribution in [-0.2, 0) is 6.54 Å². The van der Waals surface area contributed by atoms with Gasteiger partial charge in [-0.15, -0.1) is 11.3 Å². The summed E-state index contributed by atoms with van der Waals surface area (Å²) in [6.45, 7) is 0.608. The minimum absolute atomic E-state index is 0.577. The zero-order chi connectivity index (χ0) is 13.0. The lowest BCUT2D eigenvalue weighted by molar-refractivity contribution is 0.395. The Morgan fingerprint density at radius 2 is 2.17 bits per heavy atom. The fourth-order valence-electron chi connectivity index (χ4n) is 1.53. The Morgan fingerprint density at radius 3 is 2.78 bits per heavy atom. The molecule has 1 aromatic heterocycles. The fourth-order valence-corrected chi connectivity index (χ4v) is 2.10. The number of nitrogen functional groups attached to an aromatic ring is 1. The predicted molar refractivity (Wildman–Crippen MR) is 73.4 cm³/mol. The van der Waals surface area contributed by atoms with Gasteiger partial charge in [0, 0.05) is 11.4 Å². The molecule has 0 spiro atoms. The normalized spacial score (nSPS) is 10.1. The van der Waals surface area contributed by atoms with E-state index in [1.165, 1.54) is 11.3 Å². The smallest absolute Gasteiger partial charge is 0.180 e. The molecule has 0 atom stereocenters. The molecule has 0 aliphatic heterocycles. The first-order chi connectivity index (χ1) is 8.72. The summed E-state index contributed by atoms with van der Waals surface area (Å²) < 4.78 is 10.4. The summed E-state index contributed by atoms with van der Waals surface area (Å²) in [4.78, 5) is 4.18. The van der Waals surface area contributed by atoms with E-state index in [0.717, 1.165) is 22.9 Å². The van der Waals surface area contributed by atoms with Crippen LogP contribution in [0.4, 0.5) is 10.8 Å². The van der Waals surface area contributed by atoms with E-state index in [-0.39, 0.29) is 0 Å². The number of nitrogens with zero attached hydrogens (tertiary/aromatic N) is 1. The molecule has 18 heavy (non-hydrogen) atoms. The SMILES string of the molecule is COc1ccc(NCc2csc(N)n2)c(OC)c1. The molecule has 0 aliphatic carbocycles. The van der Waals surface area contributed by atoms with Crippen LogP contribution in [-0.4, -0.2) is 19.2 Å². The third-order valence-corrected chi connectivity index (χ3v) is 3.16. The fraction of sp³-hybridized carbons (Fsp3) is 0.250. The first kappa shape index (κ1) is 12.5. The van der Waals surface area contributed by atoms with Crippen molar-refractivity contribution in [3.05, 3.63) is 29.3 Å². The van der Waals surface area contributed by atoms with Crippen LogP contribution >= 0.6 is 11.3 Å². The van der Waals surface area contributed by atoms with E-state index in [1.54, 1.807) is 14.2 Å². The number of ether oxygens (including phenoxy) is 2. The van der Waals surface area contributed by atoms with Crippen molar-refractivity contribution in [1.82, 2.24) is 4.98 Å². The topological polar surface area (TPSA) is 69.4 Å². The van der Waals surface area contributed by atoms with Gasteiger partial charge >= 0.3 is 0 Å². The number of hydrogen-bond donors (Lipinski definition) is 2. The molecule has 2 aromatic rings. The van der Waals surface area contributed by atoms with Crippen LogP contribution in [0.25, 0.3) is 0 Å². The molecule has 5 nitrogen and oxygen atoms in total. The summed E-state index contributed by atoms with van der Waals surface area (Å²) in [6, 6.07) is 5.62. The number of benzene rings is 1. The molecule has 0 bridgehead atoms. The number of methoxy groups -OCH3 is 2. The maximum absolute atomic E-state index is 5.58. The Balaban J connectivity index is 2.08. The molecular weight excluding hydrogens is 250 g/mol. The van der Waals surface area contributed by atoms with E-state index in [2.05, 4.69) is 10.3 Å². The Morgan fingerprint density at radius 1 is 1.33 bits per heavy atom. The minimum Gasteiger partial charge on any atom is -0.497 e. The van der Waals surface area contributed by atoms with E-state index in [4.69, 9.17) is 15.2 Å². The minimum atomic E-state index is 0.577. The zero-order valence-corrected chi connectivity index (χ0v) is 11.1. The third kappa shape index (κ3) is 2.84. The van der Waals surface area contributed by atoms with Gasteiger partial charge in [-0.2, -0.15) is 0 Å². The molecule has 3 N–H and O–H groups in total. The van der Waals surface area contributed by atoms with Crippen LogP contribution < -0.4 is 20.5 Å². The van der Waals surface area contributed by atoms with E-state index >= 15 is 0 Å². The van der Waals surface area contributed by atoms with Crippen molar-refractivity contribution in [2.24, 2.45) is 0 Å². The maximum Gasteiger partial charge on any atom is 0.180 e. The quantitative estimate of drug-likeness (QED) is 0.868. The molecule has 1 heterocycles. The summed E-state index contributed by atoms with van der Waals surface area (Å²) in [5.41, 5.74) is 7.39. The van der Waals surface area contributed by atoms with Gasteiger partial charge in [0.25, 0.3) is 0 Å². The van der Waals surface area contributed by atoms with Gasteiger partial charge in [0.2, 0.25) is 0 Å². The highest BCUT2D eigenvalue weighted by Crippen LogP contribution is 2.29. The first-order valence-corrected chi connectivity index (χ1v) is 6.26. The standard InChI is InChI=1S/C12H15N3O2S/c1-16-9-3-4-10(11(5-9)17-2)14-6-8-7-18-12(13)15-8/h3-5,7,14H,6H2,1-2H3,(H2,13,15).